The molecule has 1 aromatic carbocycles. The van der Waals surface area contributed by atoms with Gasteiger partial charge in [-0.25, -0.2) is 4.79 Å². The highest BCUT2D eigenvalue weighted by molar-refractivity contribution is 9.10. The highest BCUT2D eigenvalue weighted by atomic mass is 79.9. The summed E-state index contributed by atoms with van der Waals surface area (Å²) in [5.74, 6) is -1.23. The van der Waals surface area contributed by atoms with Crippen molar-refractivity contribution in [3.05, 3.63) is 27.7 Å². The molecule has 0 fully saturated rings. The van der Waals surface area contributed by atoms with E-state index in [1.165, 1.54) is 0 Å². The number of nitrogens with one attached hydrogen (secondary N) is 1. The van der Waals surface area contributed by atoms with Gasteiger partial charge >= 0.3 is 5.97 Å². The van der Waals surface area contributed by atoms with E-state index in [1.807, 2.05) is 6.92 Å². The van der Waals surface area contributed by atoms with E-state index in [4.69, 9.17) is 21.4 Å². The zero-order valence-electron chi connectivity index (χ0n) is 11.7. The Morgan fingerprint density at radius 2 is 2.14 bits per heavy atom. The van der Waals surface area contributed by atoms with E-state index in [2.05, 4.69) is 21.2 Å². The Morgan fingerprint density at radius 1 is 1.48 bits per heavy atom. The second-order valence-electron chi connectivity index (χ2n) is 4.63. The first-order valence-corrected chi connectivity index (χ1v) is 7.62. The molecule has 116 valence electrons. The van der Waals surface area contributed by atoms with Crippen LogP contribution in [-0.4, -0.2) is 29.6 Å². The quantitative estimate of drug-likeness (QED) is 0.764. The van der Waals surface area contributed by atoms with Gasteiger partial charge in [0.15, 0.2) is 6.61 Å². The van der Waals surface area contributed by atoms with Crippen LogP contribution in [0.25, 0.3) is 0 Å². The standard InChI is InChI=1S/C14H17BrClNO4/c1-3-8(2)13(14(19)20)17-12(18)7-21-11-5-4-9(16)6-10(11)15/h4-6,8,13H,3,7H2,1-2H3,(H,17,18)(H,19,20)/t8?,13-/m0/s1. The summed E-state index contributed by atoms with van der Waals surface area (Å²) in [4.78, 5) is 22.9. The topological polar surface area (TPSA) is 75.6 Å². The Balaban J connectivity index is 2.58. The van der Waals surface area contributed by atoms with Crippen LogP contribution in [-0.2, 0) is 9.59 Å². The minimum atomic E-state index is -1.05. The maximum Gasteiger partial charge on any atom is 0.326 e. The molecular formula is C14H17BrClNO4. The van der Waals surface area contributed by atoms with Gasteiger partial charge in [-0.15, -0.1) is 0 Å². The van der Waals surface area contributed by atoms with Crippen molar-refractivity contribution in [3.63, 3.8) is 0 Å². The lowest BCUT2D eigenvalue weighted by Gasteiger charge is -2.20. The van der Waals surface area contributed by atoms with Gasteiger partial charge < -0.3 is 15.2 Å². The molecule has 2 atom stereocenters. The summed E-state index contributed by atoms with van der Waals surface area (Å²) in [5.41, 5.74) is 0. The van der Waals surface area contributed by atoms with Crippen LogP contribution in [0.3, 0.4) is 0 Å². The lowest BCUT2D eigenvalue weighted by atomic mass is 9.99. The Bertz CT molecular complexity index is 524. The third kappa shape index (κ3) is 5.55. The highest BCUT2D eigenvalue weighted by Gasteiger charge is 2.25. The van der Waals surface area contributed by atoms with E-state index >= 15 is 0 Å². The summed E-state index contributed by atoms with van der Waals surface area (Å²) in [6.07, 6.45) is 0.654. The molecule has 0 saturated heterocycles. The summed E-state index contributed by atoms with van der Waals surface area (Å²) >= 11 is 9.07. The molecule has 21 heavy (non-hydrogen) atoms. The number of hydrogen-bond donors (Lipinski definition) is 2. The number of aliphatic carboxylic acids is 1. The van der Waals surface area contributed by atoms with E-state index in [0.717, 1.165) is 0 Å². The second kappa shape index (κ2) is 8.24. The molecule has 0 spiro atoms. The zero-order chi connectivity index (χ0) is 16.0. The smallest absolute Gasteiger partial charge is 0.326 e. The first-order valence-electron chi connectivity index (χ1n) is 6.45. The molecule has 1 rings (SSSR count). The number of halogens is 2. The van der Waals surface area contributed by atoms with Crippen molar-refractivity contribution in [2.75, 3.05) is 6.61 Å². The van der Waals surface area contributed by atoms with Gasteiger partial charge in [0.2, 0.25) is 0 Å². The van der Waals surface area contributed by atoms with Crippen LogP contribution < -0.4 is 10.1 Å². The summed E-state index contributed by atoms with van der Waals surface area (Å²) in [7, 11) is 0. The molecule has 7 heteroatoms. The van der Waals surface area contributed by atoms with Gasteiger partial charge in [-0.2, -0.15) is 0 Å². The predicted octanol–water partition coefficient (Wildman–Crippen LogP) is 3.10. The molecule has 0 heterocycles. The van der Waals surface area contributed by atoms with E-state index in [0.29, 0.717) is 21.7 Å². The first-order chi connectivity index (χ1) is 9.85. The summed E-state index contributed by atoms with van der Waals surface area (Å²) < 4.78 is 5.96. The second-order valence-corrected chi connectivity index (χ2v) is 5.92. The average Bonchev–Trinajstić information content (AvgIpc) is 2.42. The van der Waals surface area contributed by atoms with E-state index in [9.17, 15) is 9.59 Å². The third-order valence-electron chi connectivity index (χ3n) is 3.05. The Labute approximate surface area is 136 Å². The molecule has 1 amide bonds. The lowest BCUT2D eigenvalue weighted by Crippen LogP contribution is -2.46. The van der Waals surface area contributed by atoms with Crippen molar-refractivity contribution in [2.45, 2.75) is 26.3 Å². The van der Waals surface area contributed by atoms with Crippen LogP contribution in [0.2, 0.25) is 5.02 Å². The van der Waals surface area contributed by atoms with Crippen molar-refractivity contribution in [3.8, 4) is 5.75 Å². The number of rotatable bonds is 7. The van der Waals surface area contributed by atoms with Gasteiger partial charge in [0.1, 0.15) is 11.8 Å². The highest BCUT2D eigenvalue weighted by Crippen LogP contribution is 2.27. The minimum Gasteiger partial charge on any atom is -0.483 e. The monoisotopic (exact) mass is 377 g/mol. The zero-order valence-corrected chi connectivity index (χ0v) is 14.1. The summed E-state index contributed by atoms with van der Waals surface area (Å²) in [5, 5.41) is 12.1. The Hall–Kier alpha value is -1.27. The maximum absolute atomic E-state index is 11.8. The number of carbonyl (C=O) groups excluding carboxylic acids is 1. The summed E-state index contributed by atoms with van der Waals surface area (Å²) in [6.45, 7) is 3.38. The van der Waals surface area contributed by atoms with Gasteiger partial charge in [-0.3, -0.25) is 4.79 Å². The van der Waals surface area contributed by atoms with E-state index in [-0.39, 0.29) is 12.5 Å². The number of hydrogen-bond acceptors (Lipinski definition) is 3. The molecule has 0 aliphatic heterocycles. The molecule has 0 aliphatic rings. The fourth-order valence-electron chi connectivity index (χ4n) is 1.63. The van der Waals surface area contributed by atoms with Crippen molar-refractivity contribution < 1.29 is 19.4 Å². The fraction of sp³-hybridized carbons (Fsp3) is 0.429. The largest absolute Gasteiger partial charge is 0.483 e. The van der Waals surface area contributed by atoms with Crippen LogP contribution in [0.15, 0.2) is 22.7 Å². The van der Waals surface area contributed by atoms with Gasteiger partial charge in [0.05, 0.1) is 4.47 Å². The van der Waals surface area contributed by atoms with Crippen LogP contribution >= 0.6 is 27.5 Å². The SMILES string of the molecule is CCC(C)[C@H](NC(=O)COc1ccc(Cl)cc1Br)C(=O)O. The molecular weight excluding hydrogens is 362 g/mol. The Morgan fingerprint density at radius 3 is 2.67 bits per heavy atom. The van der Waals surface area contributed by atoms with E-state index < -0.39 is 17.9 Å². The molecule has 2 N–H and O–H groups in total. The van der Waals surface area contributed by atoms with Crippen LogP contribution in [0.4, 0.5) is 0 Å². The number of carbonyl (C=O) groups is 2. The molecule has 5 nitrogen and oxygen atoms in total. The summed E-state index contributed by atoms with van der Waals surface area (Å²) in [6, 6.07) is 4.00. The number of carboxylic acid groups (broad SMARTS) is 1. The fourth-order valence-corrected chi connectivity index (χ4v) is 2.43. The van der Waals surface area contributed by atoms with Crippen molar-refractivity contribution >= 4 is 39.4 Å². The minimum absolute atomic E-state index is 0.159. The maximum atomic E-state index is 11.8. The average molecular weight is 379 g/mol. The number of carboxylic acids is 1. The van der Waals surface area contributed by atoms with Crippen LogP contribution in [0.5, 0.6) is 5.75 Å². The normalized spacial score (nSPS) is 13.3. The molecule has 0 radical (unpaired) electrons. The van der Waals surface area contributed by atoms with Gasteiger partial charge in [0.25, 0.3) is 5.91 Å². The third-order valence-corrected chi connectivity index (χ3v) is 3.90. The molecule has 0 saturated carbocycles. The lowest BCUT2D eigenvalue weighted by molar-refractivity contribution is -0.143. The number of amides is 1. The van der Waals surface area contributed by atoms with Crippen LogP contribution in [0.1, 0.15) is 20.3 Å². The van der Waals surface area contributed by atoms with Gasteiger partial charge in [-0.05, 0) is 40.0 Å². The van der Waals surface area contributed by atoms with Crippen molar-refractivity contribution in [1.82, 2.24) is 5.32 Å². The number of ether oxygens (including phenoxy) is 1. The molecule has 1 aromatic rings. The van der Waals surface area contributed by atoms with Crippen LogP contribution in [0, 0.1) is 5.92 Å². The van der Waals surface area contributed by atoms with Gasteiger partial charge in [0, 0.05) is 5.02 Å². The van der Waals surface area contributed by atoms with Crippen molar-refractivity contribution in [1.29, 1.82) is 0 Å². The van der Waals surface area contributed by atoms with E-state index in [1.54, 1.807) is 25.1 Å². The van der Waals surface area contributed by atoms with Gasteiger partial charge in [-0.1, -0.05) is 31.9 Å². The first kappa shape index (κ1) is 17.8. The molecule has 0 bridgehead atoms. The molecule has 0 aromatic heterocycles. The Kier molecular flexibility index (Phi) is 6.98. The predicted molar refractivity (Wildman–Crippen MR) is 83.7 cm³/mol. The number of benzene rings is 1. The molecule has 1 unspecified atom stereocenters. The van der Waals surface area contributed by atoms with Crippen molar-refractivity contribution in [2.24, 2.45) is 5.92 Å². The molecule has 0 aliphatic carbocycles.